The molecule has 2 aromatic rings. The van der Waals surface area contributed by atoms with Crippen molar-refractivity contribution in [3.05, 3.63) is 29.8 Å². The molecule has 0 radical (unpaired) electrons. The van der Waals surface area contributed by atoms with Gasteiger partial charge in [0, 0.05) is 26.2 Å². The smallest absolute Gasteiger partial charge is 0.250 e. The number of nitrogens with zero attached hydrogens (tertiary/aromatic N) is 5. The van der Waals surface area contributed by atoms with Crippen LogP contribution in [-0.2, 0) is 0 Å². The highest BCUT2D eigenvalue weighted by molar-refractivity contribution is 5.99. The second-order valence-electron chi connectivity index (χ2n) is 7.39. The van der Waals surface area contributed by atoms with Gasteiger partial charge in [-0.2, -0.15) is 15.0 Å². The summed E-state index contributed by atoms with van der Waals surface area (Å²) in [5, 5.41) is 3.20. The van der Waals surface area contributed by atoms with Crippen molar-refractivity contribution in [2.24, 2.45) is 5.73 Å². The monoisotopic (exact) mass is 381 g/mol. The van der Waals surface area contributed by atoms with E-state index < -0.39 is 5.91 Å². The maximum absolute atomic E-state index is 11.8. The van der Waals surface area contributed by atoms with Crippen molar-refractivity contribution in [2.45, 2.75) is 38.5 Å². The molecule has 2 saturated heterocycles. The van der Waals surface area contributed by atoms with Gasteiger partial charge in [0.05, 0.1) is 11.3 Å². The molecule has 0 bridgehead atoms. The lowest BCUT2D eigenvalue weighted by Crippen LogP contribution is -2.34. The number of rotatable bonds is 5. The van der Waals surface area contributed by atoms with E-state index in [1.54, 1.807) is 12.1 Å². The molecule has 8 heteroatoms. The molecule has 0 aliphatic carbocycles. The Morgan fingerprint density at radius 3 is 1.89 bits per heavy atom. The van der Waals surface area contributed by atoms with Gasteiger partial charge in [0.15, 0.2) is 0 Å². The molecule has 8 nitrogen and oxygen atoms in total. The third-order valence-corrected chi connectivity index (χ3v) is 5.33. The Balaban J connectivity index is 1.68. The van der Waals surface area contributed by atoms with E-state index in [1.165, 1.54) is 12.8 Å². The summed E-state index contributed by atoms with van der Waals surface area (Å²) in [7, 11) is 0. The number of nitrogens with one attached hydrogen (secondary N) is 1. The van der Waals surface area contributed by atoms with Crippen LogP contribution in [0.1, 0.15) is 48.9 Å². The second kappa shape index (κ2) is 8.41. The van der Waals surface area contributed by atoms with Gasteiger partial charge in [0.25, 0.3) is 5.91 Å². The van der Waals surface area contributed by atoms with Gasteiger partial charge in [-0.05, 0) is 50.7 Å². The first-order valence-electron chi connectivity index (χ1n) is 10.1. The Morgan fingerprint density at radius 1 is 0.821 bits per heavy atom. The van der Waals surface area contributed by atoms with Crippen LogP contribution < -0.4 is 20.9 Å². The second-order valence-corrected chi connectivity index (χ2v) is 7.39. The van der Waals surface area contributed by atoms with Crippen molar-refractivity contribution in [3.63, 3.8) is 0 Å². The number of aromatic nitrogens is 3. The van der Waals surface area contributed by atoms with E-state index in [0.29, 0.717) is 29.1 Å². The van der Waals surface area contributed by atoms with Crippen LogP contribution in [0.5, 0.6) is 0 Å². The van der Waals surface area contributed by atoms with Crippen molar-refractivity contribution in [1.82, 2.24) is 15.0 Å². The predicted molar refractivity (Wildman–Crippen MR) is 110 cm³/mol. The molecular weight excluding hydrogens is 354 g/mol. The molecular formula is C20H27N7O. The number of hydrogen-bond donors (Lipinski definition) is 2. The molecule has 3 N–H and O–H groups in total. The standard InChI is InChI=1S/C20H27N7O/c21-17(28)15-9-3-4-10-16(15)22-18-23-19(26-11-5-1-6-12-26)25-20(24-18)27-13-7-2-8-14-27/h3-4,9-10H,1-2,5-8,11-14H2,(H2,21,28)(H,22,23,24,25). The van der Waals surface area contributed by atoms with Crippen LogP contribution in [0.2, 0.25) is 0 Å². The lowest BCUT2D eigenvalue weighted by Gasteiger charge is -2.30. The maximum Gasteiger partial charge on any atom is 0.250 e. The molecule has 28 heavy (non-hydrogen) atoms. The predicted octanol–water partition coefficient (Wildman–Crippen LogP) is 2.69. The van der Waals surface area contributed by atoms with Crippen molar-refractivity contribution in [2.75, 3.05) is 41.3 Å². The first-order chi connectivity index (χ1) is 13.7. The molecule has 3 heterocycles. The number of primary amides is 1. The molecule has 2 aliphatic rings. The van der Waals surface area contributed by atoms with Crippen LogP contribution in [0.15, 0.2) is 24.3 Å². The van der Waals surface area contributed by atoms with Gasteiger partial charge in [-0.3, -0.25) is 4.79 Å². The third-order valence-electron chi connectivity index (χ3n) is 5.33. The molecule has 0 spiro atoms. The summed E-state index contributed by atoms with van der Waals surface area (Å²) in [6.45, 7) is 3.84. The topological polar surface area (TPSA) is 100 Å². The fourth-order valence-corrected chi connectivity index (χ4v) is 3.81. The fraction of sp³-hybridized carbons (Fsp3) is 0.500. The molecule has 4 rings (SSSR count). The van der Waals surface area contributed by atoms with Crippen LogP contribution >= 0.6 is 0 Å². The highest BCUT2D eigenvalue weighted by atomic mass is 16.1. The van der Waals surface area contributed by atoms with Gasteiger partial charge in [0.2, 0.25) is 17.8 Å². The fourth-order valence-electron chi connectivity index (χ4n) is 3.81. The average Bonchev–Trinajstić information content (AvgIpc) is 2.75. The van der Waals surface area contributed by atoms with Gasteiger partial charge >= 0.3 is 0 Å². The van der Waals surface area contributed by atoms with Crippen LogP contribution in [0.3, 0.4) is 0 Å². The van der Waals surface area contributed by atoms with E-state index in [9.17, 15) is 4.79 Å². The summed E-state index contributed by atoms with van der Waals surface area (Å²) in [6.07, 6.45) is 7.10. The number of nitrogens with two attached hydrogens (primary N) is 1. The molecule has 0 atom stereocenters. The first kappa shape index (κ1) is 18.5. The number of amides is 1. The van der Waals surface area contributed by atoms with Crippen molar-refractivity contribution < 1.29 is 4.79 Å². The maximum atomic E-state index is 11.8. The van der Waals surface area contributed by atoms with E-state index in [-0.39, 0.29) is 0 Å². The summed E-state index contributed by atoms with van der Waals surface area (Å²) in [6, 6.07) is 7.15. The third kappa shape index (κ3) is 4.16. The Labute approximate surface area is 165 Å². The number of para-hydroxylation sites is 1. The van der Waals surface area contributed by atoms with Crippen LogP contribution in [-0.4, -0.2) is 47.0 Å². The van der Waals surface area contributed by atoms with E-state index in [4.69, 9.17) is 10.7 Å². The molecule has 0 unspecified atom stereocenters. The first-order valence-corrected chi connectivity index (χ1v) is 10.1. The lowest BCUT2D eigenvalue weighted by molar-refractivity contribution is 0.100. The van der Waals surface area contributed by atoms with Crippen molar-refractivity contribution in [1.29, 1.82) is 0 Å². The minimum atomic E-state index is -0.482. The number of benzene rings is 1. The Morgan fingerprint density at radius 2 is 1.36 bits per heavy atom. The lowest BCUT2D eigenvalue weighted by atomic mass is 10.1. The molecule has 1 aromatic heterocycles. The van der Waals surface area contributed by atoms with Gasteiger partial charge < -0.3 is 20.9 Å². The quantitative estimate of drug-likeness (QED) is 0.821. The summed E-state index contributed by atoms with van der Waals surface area (Å²) in [5.41, 5.74) is 6.54. The van der Waals surface area contributed by atoms with Gasteiger partial charge in [-0.25, -0.2) is 0 Å². The van der Waals surface area contributed by atoms with E-state index in [2.05, 4.69) is 25.1 Å². The minimum absolute atomic E-state index is 0.418. The Bertz CT molecular complexity index is 793. The van der Waals surface area contributed by atoms with Crippen LogP contribution in [0.25, 0.3) is 0 Å². The summed E-state index contributed by atoms with van der Waals surface area (Å²) >= 11 is 0. The molecule has 0 saturated carbocycles. The SMILES string of the molecule is NC(=O)c1ccccc1Nc1nc(N2CCCCC2)nc(N2CCCCC2)n1. The summed E-state index contributed by atoms with van der Waals surface area (Å²) < 4.78 is 0. The minimum Gasteiger partial charge on any atom is -0.366 e. The average molecular weight is 381 g/mol. The molecule has 1 amide bonds. The molecule has 2 fully saturated rings. The largest absolute Gasteiger partial charge is 0.366 e. The number of carbonyl (C=O) groups excluding carboxylic acids is 1. The van der Waals surface area contributed by atoms with Crippen molar-refractivity contribution >= 4 is 29.4 Å². The van der Waals surface area contributed by atoms with Gasteiger partial charge in [0.1, 0.15) is 0 Å². The van der Waals surface area contributed by atoms with E-state index in [1.807, 2.05) is 12.1 Å². The number of piperidine rings is 2. The zero-order valence-electron chi connectivity index (χ0n) is 16.1. The highest BCUT2D eigenvalue weighted by Crippen LogP contribution is 2.25. The highest BCUT2D eigenvalue weighted by Gasteiger charge is 2.21. The zero-order chi connectivity index (χ0) is 19.3. The molecule has 2 aliphatic heterocycles. The number of hydrogen-bond acceptors (Lipinski definition) is 7. The molecule has 148 valence electrons. The number of anilines is 4. The van der Waals surface area contributed by atoms with E-state index in [0.717, 1.165) is 51.9 Å². The summed E-state index contributed by atoms with van der Waals surface area (Å²) in [4.78, 5) is 30.3. The van der Waals surface area contributed by atoms with Gasteiger partial charge in [-0.15, -0.1) is 0 Å². The Kier molecular flexibility index (Phi) is 5.55. The van der Waals surface area contributed by atoms with Crippen LogP contribution in [0, 0.1) is 0 Å². The number of carbonyl (C=O) groups is 1. The summed E-state index contributed by atoms with van der Waals surface area (Å²) in [5.74, 6) is 1.37. The molecule has 1 aromatic carbocycles. The van der Waals surface area contributed by atoms with Crippen LogP contribution in [0.4, 0.5) is 23.5 Å². The van der Waals surface area contributed by atoms with Gasteiger partial charge in [-0.1, -0.05) is 12.1 Å². The normalized spacial score (nSPS) is 17.4. The van der Waals surface area contributed by atoms with Crippen molar-refractivity contribution in [3.8, 4) is 0 Å². The van der Waals surface area contributed by atoms with E-state index >= 15 is 0 Å². The zero-order valence-corrected chi connectivity index (χ0v) is 16.1. The Hall–Kier alpha value is -2.90.